The van der Waals surface area contributed by atoms with Gasteiger partial charge in [0.05, 0.1) is 22.2 Å². The number of nitrogens with zero attached hydrogens (tertiary/aromatic N) is 1. The summed E-state index contributed by atoms with van der Waals surface area (Å²) in [6.45, 7) is 8.40. The van der Waals surface area contributed by atoms with Gasteiger partial charge in [-0.25, -0.2) is 0 Å². The van der Waals surface area contributed by atoms with Crippen LogP contribution in [-0.2, 0) is 9.31 Å². The number of aromatic nitrogens is 1. The van der Waals surface area contributed by atoms with Crippen molar-refractivity contribution < 1.29 is 9.31 Å². The highest BCUT2D eigenvalue weighted by atomic mass is 16.7. The van der Waals surface area contributed by atoms with Gasteiger partial charge >= 0.3 is 7.12 Å². The Kier molecular flexibility index (Phi) is 5.10. The highest BCUT2D eigenvalue weighted by molar-refractivity contribution is 6.62. The summed E-state index contributed by atoms with van der Waals surface area (Å²) in [5, 5.41) is 4.93. The fraction of sp³-hybridized carbons (Fsp3) is 0.176. The maximum absolute atomic E-state index is 6.43. The second-order valence-corrected chi connectivity index (χ2v) is 11.3. The van der Waals surface area contributed by atoms with Gasteiger partial charge in [0.15, 0.2) is 0 Å². The molecule has 0 amide bonds. The van der Waals surface area contributed by atoms with Crippen LogP contribution in [0, 0.1) is 0 Å². The van der Waals surface area contributed by atoms with Gasteiger partial charge in [-0.15, -0.1) is 0 Å². The number of hydrogen-bond acceptors (Lipinski definition) is 2. The lowest BCUT2D eigenvalue weighted by molar-refractivity contribution is 0.00578. The summed E-state index contributed by atoms with van der Waals surface area (Å²) < 4.78 is 15.3. The van der Waals surface area contributed by atoms with Crippen molar-refractivity contribution in [2.24, 2.45) is 0 Å². The van der Waals surface area contributed by atoms with Gasteiger partial charge in [-0.05, 0) is 67.9 Å². The minimum atomic E-state index is -0.414. The number of hydrogen-bond donors (Lipinski definition) is 0. The maximum atomic E-state index is 6.43. The van der Waals surface area contributed by atoms with E-state index in [1.54, 1.807) is 0 Å². The summed E-state index contributed by atoms with van der Waals surface area (Å²) in [5.41, 5.74) is 6.15. The minimum absolute atomic E-state index is 0.389. The number of fused-ring (bicyclic) bond motifs is 5. The fourth-order valence-electron chi connectivity index (χ4n) is 5.64. The fourth-order valence-corrected chi connectivity index (χ4v) is 5.64. The van der Waals surface area contributed by atoms with E-state index in [-0.39, 0.29) is 11.2 Å². The normalized spacial score (nSPS) is 16.6. The molecule has 0 unspecified atom stereocenters. The molecule has 1 aromatic heterocycles. The first kappa shape index (κ1) is 23.3. The summed E-state index contributed by atoms with van der Waals surface area (Å²) in [5.74, 6) is 0. The van der Waals surface area contributed by atoms with E-state index in [0.29, 0.717) is 0 Å². The molecule has 7 rings (SSSR count). The van der Waals surface area contributed by atoms with E-state index in [2.05, 4.69) is 141 Å². The average molecular weight is 495 g/mol. The first-order valence-corrected chi connectivity index (χ1v) is 13.3. The molecule has 0 bridgehead atoms. The van der Waals surface area contributed by atoms with Gasteiger partial charge in [0.1, 0.15) is 0 Å². The second kappa shape index (κ2) is 8.32. The monoisotopic (exact) mass is 495 g/mol. The van der Waals surface area contributed by atoms with Crippen LogP contribution in [-0.4, -0.2) is 22.9 Å². The van der Waals surface area contributed by atoms with Crippen LogP contribution < -0.4 is 5.46 Å². The van der Waals surface area contributed by atoms with Crippen LogP contribution in [0.2, 0.25) is 0 Å². The highest BCUT2D eigenvalue weighted by Gasteiger charge is 2.51. The molecule has 1 saturated heterocycles. The Hall–Kier alpha value is -3.86. The molecule has 0 aliphatic carbocycles. The zero-order chi connectivity index (χ0) is 26.1. The maximum Gasteiger partial charge on any atom is 0.494 e. The van der Waals surface area contributed by atoms with Crippen molar-refractivity contribution in [3.63, 3.8) is 0 Å². The molecule has 0 saturated carbocycles. The molecule has 0 atom stereocenters. The number of benzene rings is 5. The van der Waals surface area contributed by atoms with Gasteiger partial charge in [-0.1, -0.05) is 91.0 Å². The van der Waals surface area contributed by atoms with Crippen molar-refractivity contribution in [1.29, 1.82) is 0 Å². The molecule has 1 aliphatic rings. The molecule has 0 radical (unpaired) electrons. The summed E-state index contributed by atoms with van der Waals surface area (Å²) in [6.07, 6.45) is 0. The molecule has 38 heavy (non-hydrogen) atoms. The van der Waals surface area contributed by atoms with E-state index in [9.17, 15) is 0 Å². The molecule has 5 aromatic carbocycles. The van der Waals surface area contributed by atoms with Crippen LogP contribution in [0.4, 0.5) is 0 Å². The smallest absolute Gasteiger partial charge is 0.399 e. The third-order valence-electron chi connectivity index (χ3n) is 8.41. The Morgan fingerprint density at radius 2 is 1.26 bits per heavy atom. The molecule has 2 heterocycles. The van der Waals surface area contributed by atoms with E-state index < -0.39 is 7.12 Å². The van der Waals surface area contributed by atoms with Gasteiger partial charge < -0.3 is 13.9 Å². The number of rotatable bonds is 3. The second-order valence-electron chi connectivity index (χ2n) is 11.3. The molecule has 3 nitrogen and oxygen atoms in total. The van der Waals surface area contributed by atoms with Gasteiger partial charge in [0.25, 0.3) is 0 Å². The van der Waals surface area contributed by atoms with Crippen LogP contribution in [0.25, 0.3) is 49.4 Å². The topological polar surface area (TPSA) is 23.4 Å². The lowest BCUT2D eigenvalue weighted by Crippen LogP contribution is -2.41. The highest BCUT2D eigenvalue weighted by Crippen LogP contribution is 2.39. The van der Waals surface area contributed by atoms with E-state index in [0.717, 1.165) is 16.7 Å². The predicted molar refractivity (Wildman–Crippen MR) is 159 cm³/mol. The summed E-state index contributed by atoms with van der Waals surface area (Å²) in [6, 6.07) is 39.2. The Bertz CT molecular complexity index is 1820. The largest absolute Gasteiger partial charge is 0.494 e. The molecule has 0 N–H and O–H groups in total. The zero-order valence-corrected chi connectivity index (χ0v) is 22.2. The SMILES string of the molecule is CC1(C)OB(c2ccc3c4ccc5ccccc5c4n(-c4cccc(-c5ccccc5)c4)c3c2)OC1(C)C. The van der Waals surface area contributed by atoms with Gasteiger partial charge in [0.2, 0.25) is 0 Å². The molecule has 0 spiro atoms. The molecule has 6 aromatic rings. The quantitative estimate of drug-likeness (QED) is 0.233. The molecule has 1 fully saturated rings. The summed E-state index contributed by atoms with van der Waals surface area (Å²) in [7, 11) is -0.414. The van der Waals surface area contributed by atoms with Crippen LogP contribution in [0.5, 0.6) is 0 Å². The van der Waals surface area contributed by atoms with Crippen molar-refractivity contribution in [3.05, 3.63) is 109 Å². The van der Waals surface area contributed by atoms with E-state index in [1.807, 2.05) is 0 Å². The van der Waals surface area contributed by atoms with Crippen LogP contribution in [0.1, 0.15) is 27.7 Å². The van der Waals surface area contributed by atoms with E-state index in [4.69, 9.17) is 9.31 Å². The standard InChI is InChI=1S/C34H30BNO2/c1-33(2)34(3,4)38-35(37-33)26-18-20-29-30-19-17-24-13-8-9-16-28(24)32(30)36(31(29)22-26)27-15-10-14-25(21-27)23-11-6-5-7-12-23/h5-22H,1-4H3. The van der Waals surface area contributed by atoms with Gasteiger partial charge in [0, 0.05) is 21.8 Å². The summed E-state index contributed by atoms with van der Waals surface area (Å²) >= 11 is 0. The molecule has 4 heteroatoms. The summed E-state index contributed by atoms with van der Waals surface area (Å²) in [4.78, 5) is 0. The lowest BCUT2D eigenvalue weighted by Gasteiger charge is -2.32. The first-order chi connectivity index (χ1) is 18.3. The van der Waals surface area contributed by atoms with Crippen LogP contribution in [0.15, 0.2) is 109 Å². The first-order valence-electron chi connectivity index (χ1n) is 13.3. The van der Waals surface area contributed by atoms with Gasteiger partial charge in [-0.2, -0.15) is 0 Å². The Morgan fingerprint density at radius 1 is 0.579 bits per heavy atom. The van der Waals surface area contributed by atoms with Crippen molar-refractivity contribution >= 4 is 45.2 Å². The van der Waals surface area contributed by atoms with Crippen molar-refractivity contribution in [2.75, 3.05) is 0 Å². The molecule has 186 valence electrons. The minimum Gasteiger partial charge on any atom is -0.399 e. The van der Waals surface area contributed by atoms with Crippen molar-refractivity contribution in [2.45, 2.75) is 38.9 Å². The Morgan fingerprint density at radius 3 is 2.05 bits per heavy atom. The van der Waals surface area contributed by atoms with Crippen LogP contribution >= 0.6 is 0 Å². The van der Waals surface area contributed by atoms with Crippen molar-refractivity contribution in [1.82, 2.24) is 4.57 Å². The lowest BCUT2D eigenvalue weighted by atomic mass is 9.79. The Balaban J connectivity index is 1.51. The molecular formula is C34H30BNO2. The average Bonchev–Trinajstić information content (AvgIpc) is 3.38. The predicted octanol–water partition coefficient (Wildman–Crippen LogP) is 7.90. The molecular weight excluding hydrogens is 465 g/mol. The van der Waals surface area contributed by atoms with Crippen molar-refractivity contribution in [3.8, 4) is 16.8 Å². The molecule has 1 aliphatic heterocycles. The van der Waals surface area contributed by atoms with Crippen LogP contribution in [0.3, 0.4) is 0 Å². The van der Waals surface area contributed by atoms with E-state index in [1.165, 1.54) is 38.2 Å². The Labute approximate surface area is 223 Å². The third kappa shape index (κ3) is 3.52. The van der Waals surface area contributed by atoms with Gasteiger partial charge in [-0.3, -0.25) is 0 Å². The zero-order valence-electron chi connectivity index (χ0n) is 22.2. The third-order valence-corrected chi connectivity index (χ3v) is 8.41. The van der Waals surface area contributed by atoms with E-state index >= 15 is 0 Å².